The monoisotopic (exact) mass is 829 g/mol. The summed E-state index contributed by atoms with van der Waals surface area (Å²) in [5, 5.41) is 18.3. The molecule has 0 spiro atoms. The van der Waals surface area contributed by atoms with Crippen molar-refractivity contribution in [2.75, 3.05) is 26.4 Å². The molecule has 1 heterocycles. The minimum atomic E-state index is -4.64. The molecule has 0 saturated carbocycles. The zero-order valence-corrected chi connectivity index (χ0v) is 36.8. The van der Waals surface area contributed by atoms with Gasteiger partial charge in [-0.15, -0.1) is 0 Å². The number of rotatable bonds is 40. The second-order valence-corrected chi connectivity index (χ2v) is 17.4. The number of phosphoric ester groups is 1. The van der Waals surface area contributed by atoms with E-state index in [1.807, 2.05) is 12.2 Å². The number of carbonyl (C=O) groups excluding carboxylic acids is 2. The van der Waals surface area contributed by atoms with Crippen molar-refractivity contribution in [3.63, 3.8) is 0 Å². The van der Waals surface area contributed by atoms with Gasteiger partial charge in [-0.25, -0.2) is 4.57 Å². The van der Waals surface area contributed by atoms with E-state index in [2.05, 4.69) is 49.6 Å². The quantitative estimate of drug-likeness (QED) is 0.0177. The normalized spacial score (nSPS) is 17.8. The maximum atomic E-state index is 12.6. The zero-order chi connectivity index (χ0) is 41.8. The highest BCUT2D eigenvalue weighted by molar-refractivity contribution is 7.47. The number of aliphatic hydroxyl groups excluding tert-OH is 2. The van der Waals surface area contributed by atoms with Crippen LogP contribution in [0.5, 0.6) is 0 Å². The molecule has 12 heteroatoms. The summed E-state index contributed by atoms with van der Waals surface area (Å²) < 4.78 is 38.4. The van der Waals surface area contributed by atoms with Crippen molar-refractivity contribution in [2.24, 2.45) is 5.92 Å². The van der Waals surface area contributed by atoms with Crippen molar-refractivity contribution in [3.05, 3.63) is 36.5 Å². The minimum absolute atomic E-state index is 0.104. The summed E-state index contributed by atoms with van der Waals surface area (Å²) in [6, 6.07) is 0. The van der Waals surface area contributed by atoms with Crippen molar-refractivity contribution in [1.82, 2.24) is 0 Å². The molecule has 0 aliphatic carbocycles. The summed E-state index contributed by atoms with van der Waals surface area (Å²) in [5.41, 5.74) is 0. The maximum Gasteiger partial charge on any atom is 0.472 e. The maximum absolute atomic E-state index is 12.6. The van der Waals surface area contributed by atoms with Crippen LogP contribution < -0.4 is 0 Å². The third-order valence-electron chi connectivity index (χ3n) is 9.88. The van der Waals surface area contributed by atoms with Crippen LogP contribution in [0.15, 0.2) is 36.5 Å². The molecule has 1 rings (SSSR count). The predicted molar refractivity (Wildman–Crippen MR) is 228 cm³/mol. The molecule has 3 unspecified atom stereocenters. The molecule has 1 fully saturated rings. The fourth-order valence-electron chi connectivity index (χ4n) is 6.27. The molecular formula is C45H81O11P. The van der Waals surface area contributed by atoms with Crippen LogP contribution in [0.2, 0.25) is 0 Å². The number of allylic oxidation sites excluding steroid dienone is 4. The van der Waals surface area contributed by atoms with Crippen molar-refractivity contribution in [3.8, 4) is 0 Å². The van der Waals surface area contributed by atoms with Gasteiger partial charge in [0.25, 0.3) is 0 Å². The lowest BCUT2D eigenvalue weighted by molar-refractivity contribution is -0.161. The van der Waals surface area contributed by atoms with Gasteiger partial charge in [0.15, 0.2) is 6.10 Å². The molecule has 0 bridgehead atoms. The predicted octanol–water partition coefficient (Wildman–Crippen LogP) is 10.8. The Morgan fingerprint density at radius 3 is 1.81 bits per heavy atom. The molecule has 11 nitrogen and oxygen atoms in total. The molecule has 3 N–H and O–H groups in total. The Morgan fingerprint density at radius 1 is 0.667 bits per heavy atom. The van der Waals surface area contributed by atoms with E-state index in [0.29, 0.717) is 31.5 Å². The lowest BCUT2D eigenvalue weighted by Gasteiger charge is -2.20. The Kier molecular flexibility index (Phi) is 33.6. The molecule has 0 aromatic rings. The number of esters is 2. The van der Waals surface area contributed by atoms with Crippen molar-refractivity contribution in [1.29, 1.82) is 0 Å². The van der Waals surface area contributed by atoms with Crippen molar-refractivity contribution < 1.29 is 52.5 Å². The Hall–Kier alpha value is -1.85. The van der Waals surface area contributed by atoms with Gasteiger partial charge in [0.2, 0.25) is 0 Å². The van der Waals surface area contributed by atoms with Crippen LogP contribution in [0.1, 0.15) is 181 Å². The van der Waals surface area contributed by atoms with Crippen LogP contribution in [0.25, 0.3) is 0 Å². The van der Waals surface area contributed by atoms with Crippen LogP contribution in [0, 0.1) is 5.92 Å². The van der Waals surface area contributed by atoms with Crippen LogP contribution in [-0.2, 0) is 37.4 Å². The summed E-state index contributed by atoms with van der Waals surface area (Å²) in [6.45, 7) is 4.62. The van der Waals surface area contributed by atoms with Crippen LogP contribution in [0.4, 0.5) is 0 Å². The highest BCUT2D eigenvalue weighted by atomic mass is 31.2. The molecule has 1 aliphatic rings. The highest BCUT2D eigenvalue weighted by Gasteiger charge is 2.36. The number of unbranched alkanes of at least 4 members (excludes halogenated alkanes) is 16. The van der Waals surface area contributed by atoms with Gasteiger partial charge in [0.05, 0.1) is 32.0 Å². The minimum Gasteiger partial charge on any atom is -0.462 e. The van der Waals surface area contributed by atoms with Gasteiger partial charge in [-0.3, -0.25) is 18.6 Å². The van der Waals surface area contributed by atoms with Gasteiger partial charge in [-0.05, 0) is 57.3 Å². The van der Waals surface area contributed by atoms with Gasteiger partial charge in [-0.2, -0.15) is 0 Å². The molecule has 0 aromatic carbocycles. The number of hydrogen-bond donors (Lipinski definition) is 3. The topological polar surface area (TPSA) is 161 Å². The van der Waals surface area contributed by atoms with Crippen molar-refractivity contribution in [2.45, 2.75) is 206 Å². The first-order chi connectivity index (χ1) is 27.6. The lowest BCUT2D eigenvalue weighted by Crippen LogP contribution is -2.29. The fourth-order valence-corrected chi connectivity index (χ4v) is 7.06. The average Bonchev–Trinajstić information content (AvgIpc) is 3.94. The van der Waals surface area contributed by atoms with E-state index in [4.69, 9.17) is 23.8 Å². The second-order valence-electron chi connectivity index (χ2n) is 15.9. The molecule has 1 saturated heterocycles. The first-order valence-corrected chi connectivity index (χ1v) is 23.9. The van der Waals surface area contributed by atoms with Crippen molar-refractivity contribution >= 4 is 19.8 Å². The summed E-state index contributed by atoms with van der Waals surface area (Å²) >= 11 is 0. The third kappa shape index (κ3) is 34.7. The zero-order valence-electron chi connectivity index (χ0n) is 35.9. The standard InChI is InChI=1S/C45H81O11P/c1-4-5-6-7-21-26-31-42-43(56-42)32-27-22-17-15-19-24-29-34-45(49)55-41(38-54-57(50,51)53-36-40(47)35-46)37-52-44(48)33-28-23-18-14-12-10-8-9-11-13-16-20-25-30-39(2)3/h15,19,21-22,26-27,39-43,46-47H,4-14,16-18,20,23-25,28-38H2,1-3H3,(H,50,51)/b19-15-,26-21-,27-22-/t40-,41+,42?,43?/m0/s1. The third-order valence-corrected chi connectivity index (χ3v) is 10.8. The summed E-state index contributed by atoms with van der Waals surface area (Å²) in [7, 11) is -4.64. The highest BCUT2D eigenvalue weighted by Crippen LogP contribution is 2.43. The Balaban J connectivity index is 2.28. The summed E-state index contributed by atoms with van der Waals surface area (Å²) in [5.74, 6) is -0.179. The molecule has 0 radical (unpaired) electrons. The van der Waals surface area contributed by atoms with E-state index in [1.54, 1.807) is 0 Å². The van der Waals surface area contributed by atoms with Gasteiger partial charge in [-0.1, -0.05) is 154 Å². The lowest BCUT2D eigenvalue weighted by atomic mass is 10.0. The fraction of sp³-hybridized carbons (Fsp3) is 0.822. The smallest absolute Gasteiger partial charge is 0.462 e. The van der Waals surface area contributed by atoms with E-state index in [0.717, 1.165) is 50.9 Å². The number of hydrogen-bond acceptors (Lipinski definition) is 10. The largest absolute Gasteiger partial charge is 0.472 e. The van der Waals surface area contributed by atoms with Gasteiger partial charge in [0, 0.05) is 12.8 Å². The van der Waals surface area contributed by atoms with Crippen LogP contribution >= 0.6 is 7.82 Å². The molecule has 57 heavy (non-hydrogen) atoms. The Labute approximate surface area is 346 Å². The number of ether oxygens (including phenoxy) is 3. The van der Waals surface area contributed by atoms with Crippen LogP contribution in [0.3, 0.4) is 0 Å². The van der Waals surface area contributed by atoms with Gasteiger partial charge >= 0.3 is 19.8 Å². The molecule has 1 aliphatic heterocycles. The van der Waals surface area contributed by atoms with Gasteiger partial charge < -0.3 is 29.3 Å². The summed E-state index contributed by atoms with van der Waals surface area (Å²) in [4.78, 5) is 35.0. The van der Waals surface area contributed by atoms with E-state index in [1.165, 1.54) is 83.5 Å². The molecule has 0 amide bonds. The number of epoxide rings is 1. The molecule has 0 aromatic heterocycles. The molecule has 5 atom stereocenters. The summed E-state index contributed by atoms with van der Waals surface area (Å²) in [6.07, 6.45) is 37.2. The Morgan fingerprint density at radius 2 is 1.19 bits per heavy atom. The second kappa shape index (κ2) is 36.0. The van der Waals surface area contributed by atoms with E-state index < -0.39 is 51.8 Å². The molecular weight excluding hydrogens is 747 g/mol. The van der Waals surface area contributed by atoms with E-state index in [9.17, 15) is 24.2 Å². The van der Waals surface area contributed by atoms with Crippen LogP contribution in [-0.4, -0.2) is 77.9 Å². The van der Waals surface area contributed by atoms with Gasteiger partial charge in [0.1, 0.15) is 12.7 Å². The number of phosphoric acid groups is 1. The number of aliphatic hydroxyl groups is 2. The molecule has 332 valence electrons. The average molecular weight is 829 g/mol. The van der Waals surface area contributed by atoms with E-state index >= 15 is 0 Å². The number of carbonyl (C=O) groups is 2. The SMILES string of the molecule is CCCCC/C=C\CC1OC1C/C=C\C/C=C\CCCC(=O)O[C@H](COC(=O)CCCCCCCCCCCCCCCC(C)C)COP(=O)(O)OC[C@@H](O)CO. The first kappa shape index (κ1) is 53.2. The van der Waals surface area contributed by atoms with E-state index in [-0.39, 0.29) is 19.4 Å². The Bertz CT molecular complexity index is 1120. The first-order valence-electron chi connectivity index (χ1n) is 22.4.